The van der Waals surface area contributed by atoms with Gasteiger partial charge in [0, 0.05) is 11.3 Å². The topological polar surface area (TPSA) is 12.0 Å². The summed E-state index contributed by atoms with van der Waals surface area (Å²) >= 11 is 4.51. The highest BCUT2D eigenvalue weighted by atomic mass is 35.5. The fourth-order valence-electron chi connectivity index (χ4n) is 2.49. The van der Waals surface area contributed by atoms with Gasteiger partial charge in [-0.25, -0.2) is 0 Å². The first-order chi connectivity index (χ1) is 9.56. The Labute approximate surface area is 146 Å². The van der Waals surface area contributed by atoms with Crippen molar-refractivity contribution in [3.63, 3.8) is 0 Å². The zero-order valence-corrected chi connectivity index (χ0v) is 16.5. The SMILES string of the molecule is CCCCCCCCCCCCCCNCC(C)(C)S.Cl. The zero-order valence-electron chi connectivity index (χ0n) is 14.8. The van der Waals surface area contributed by atoms with E-state index in [1.807, 2.05) is 0 Å². The molecule has 0 aromatic carbocycles. The van der Waals surface area contributed by atoms with Crippen LogP contribution in [0.4, 0.5) is 0 Å². The quantitative estimate of drug-likeness (QED) is 0.260. The molecule has 0 spiro atoms. The maximum atomic E-state index is 4.51. The molecule has 1 N–H and O–H groups in total. The molecular formula is C18H40ClNS. The van der Waals surface area contributed by atoms with Gasteiger partial charge in [0.15, 0.2) is 0 Å². The van der Waals surface area contributed by atoms with Crippen LogP contribution in [0.1, 0.15) is 97.8 Å². The minimum Gasteiger partial charge on any atom is -0.315 e. The Morgan fingerprint density at radius 3 is 1.48 bits per heavy atom. The number of rotatable bonds is 15. The van der Waals surface area contributed by atoms with E-state index in [9.17, 15) is 0 Å². The molecule has 0 atom stereocenters. The first-order valence-corrected chi connectivity index (χ1v) is 9.44. The summed E-state index contributed by atoms with van der Waals surface area (Å²) in [5.74, 6) is 0. The highest BCUT2D eigenvalue weighted by Crippen LogP contribution is 2.12. The molecule has 0 radical (unpaired) electrons. The predicted molar refractivity (Wildman–Crippen MR) is 104 cm³/mol. The number of halogens is 1. The molecule has 130 valence electrons. The Hall–Kier alpha value is 0.600. The average Bonchev–Trinajstić information content (AvgIpc) is 2.38. The van der Waals surface area contributed by atoms with Crippen LogP contribution in [0.2, 0.25) is 0 Å². The molecule has 0 unspecified atom stereocenters. The van der Waals surface area contributed by atoms with Crippen LogP contribution in [0.3, 0.4) is 0 Å². The van der Waals surface area contributed by atoms with E-state index in [4.69, 9.17) is 0 Å². The number of hydrogen-bond donors (Lipinski definition) is 2. The van der Waals surface area contributed by atoms with Crippen LogP contribution < -0.4 is 5.32 Å². The summed E-state index contributed by atoms with van der Waals surface area (Å²) in [7, 11) is 0. The summed E-state index contributed by atoms with van der Waals surface area (Å²) in [4.78, 5) is 0. The lowest BCUT2D eigenvalue weighted by Gasteiger charge is -2.17. The van der Waals surface area contributed by atoms with E-state index in [0.29, 0.717) is 0 Å². The van der Waals surface area contributed by atoms with Crippen molar-refractivity contribution < 1.29 is 0 Å². The van der Waals surface area contributed by atoms with Crippen molar-refractivity contribution in [2.75, 3.05) is 13.1 Å². The normalized spacial score (nSPS) is 11.4. The molecule has 0 fully saturated rings. The molecule has 0 amide bonds. The third kappa shape index (κ3) is 23.0. The Morgan fingerprint density at radius 2 is 1.10 bits per heavy atom. The average molecular weight is 338 g/mol. The van der Waals surface area contributed by atoms with Gasteiger partial charge in [0.1, 0.15) is 0 Å². The zero-order chi connectivity index (χ0) is 15.1. The van der Waals surface area contributed by atoms with Crippen molar-refractivity contribution in [2.45, 2.75) is 103 Å². The van der Waals surface area contributed by atoms with E-state index in [2.05, 4.69) is 38.7 Å². The summed E-state index contributed by atoms with van der Waals surface area (Å²) < 4.78 is 0.122. The lowest BCUT2D eigenvalue weighted by atomic mass is 10.1. The molecule has 0 aromatic rings. The first-order valence-electron chi connectivity index (χ1n) is 8.99. The lowest BCUT2D eigenvalue weighted by Crippen LogP contribution is -2.30. The Kier molecular flexibility index (Phi) is 19.3. The summed E-state index contributed by atoms with van der Waals surface area (Å²) in [5, 5.41) is 3.48. The molecule has 0 saturated heterocycles. The molecule has 0 saturated carbocycles. The minimum atomic E-state index is 0. The van der Waals surface area contributed by atoms with Gasteiger partial charge >= 0.3 is 0 Å². The van der Waals surface area contributed by atoms with Gasteiger partial charge in [0.25, 0.3) is 0 Å². The predicted octanol–water partition coefficient (Wildman–Crippen LogP) is 6.41. The van der Waals surface area contributed by atoms with Crippen molar-refractivity contribution in [3.05, 3.63) is 0 Å². The van der Waals surface area contributed by atoms with Crippen molar-refractivity contribution in [3.8, 4) is 0 Å². The summed E-state index contributed by atoms with van der Waals surface area (Å²) in [5.41, 5.74) is 0. The Morgan fingerprint density at radius 1 is 0.714 bits per heavy atom. The van der Waals surface area contributed by atoms with E-state index in [1.165, 1.54) is 77.0 Å². The van der Waals surface area contributed by atoms with Gasteiger partial charge in [-0.15, -0.1) is 12.4 Å². The standard InChI is InChI=1S/C18H39NS.ClH/c1-4-5-6-7-8-9-10-11-12-13-14-15-16-19-17-18(2,3)20;/h19-20H,4-17H2,1-3H3;1H. The first kappa shape index (κ1) is 23.9. The van der Waals surface area contributed by atoms with Crippen LogP contribution in [0, 0.1) is 0 Å². The van der Waals surface area contributed by atoms with E-state index < -0.39 is 0 Å². The second-order valence-corrected chi connectivity index (χ2v) is 8.09. The molecule has 0 aliphatic heterocycles. The van der Waals surface area contributed by atoms with Crippen molar-refractivity contribution in [1.29, 1.82) is 0 Å². The van der Waals surface area contributed by atoms with E-state index in [-0.39, 0.29) is 17.2 Å². The molecule has 3 heteroatoms. The van der Waals surface area contributed by atoms with Crippen LogP contribution in [-0.2, 0) is 0 Å². The molecule has 21 heavy (non-hydrogen) atoms. The van der Waals surface area contributed by atoms with E-state index >= 15 is 0 Å². The molecule has 1 nitrogen and oxygen atoms in total. The van der Waals surface area contributed by atoms with Gasteiger partial charge in [0.05, 0.1) is 0 Å². The van der Waals surface area contributed by atoms with Crippen molar-refractivity contribution >= 4 is 25.0 Å². The molecule has 0 bridgehead atoms. The molecule has 0 heterocycles. The molecule has 0 rings (SSSR count). The highest BCUT2D eigenvalue weighted by molar-refractivity contribution is 7.81. The lowest BCUT2D eigenvalue weighted by molar-refractivity contribution is 0.526. The van der Waals surface area contributed by atoms with Crippen molar-refractivity contribution in [2.24, 2.45) is 0 Å². The molecule has 0 aliphatic rings. The van der Waals surface area contributed by atoms with Crippen molar-refractivity contribution in [1.82, 2.24) is 5.32 Å². The van der Waals surface area contributed by atoms with Crippen LogP contribution in [0.5, 0.6) is 0 Å². The van der Waals surface area contributed by atoms with Crippen LogP contribution in [-0.4, -0.2) is 17.8 Å². The maximum absolute atomic E-state index is 4.51. The Bertz CT molecular complexity index is 192. The molecular weight excluding hydrogens is 298 g/mol. The Balaban J connectivity index is 0. The second kappa shape index (κ2) is 17.0. The second-order valence-electron chi connectivity index (χ2n) is 6.88. The van der Waals surface area contributed by atoms with Gasteiger partial charge in [-0.2, -0.15) is 12.6 Å². The number of hydrogen-bond acceptors (Lipinski definition) is 2. The van der Waals surface area contributed by atoms with Crippen LogP contribution in [0.25, 0.3) is 0 Å². The monoisotopic (exact) mass is 337 g/mol. The summed E-state index contributed by atoms with van der Waals surface area (Å²) in [6, 6.07) is 0. The van der Waals surface area contributed by atoms with Gasteiger partial charge in [0.2, 0.25) is 0 Å². The van der Waals surface area contributed by atoms with Gasteiger partial charge < -0.3 is 5.32 Å². The third-order valence-corrected chi connectivity index (χ3v) is 3.92. The number of thiol groups is 1. The number of unbranched alkanes of at least 4 members (excludes halogenated alkanes) is 11. The maximum Gasteiger partial charge on any atom is 0.0198 e. The largest absolute Gasteiger partial charge is 0.315 e. The van der Waals surface area contributed by atoms with E-state index in [0.717, 1.165) is 13.1 Å². The third-order valence-electron chi connectivity index (χ3n) is 3.76. The van der Waals surface area contributed by atoms with Gasteiger partial charge in [-0.1, -0.05) is 77.6 Å². The molecule has 0 aliphatic carbocycles. The van der Waals surface area contributed by atoms with Gasteiger partial charge in [-0.3, -0.25) is 0 Å². The van der Waals surface area contributed by atoms with Crippen LogP contribution >= 0.6 is 25.0 Å². The molecule has 0 aromatic heterocycles. The number of nitrogens with one attached hydrogen (secondary N) is 1. The van der Waals surface area contributed by atoms with Crippen LogP contribution in [0.15, 0.2) is 0 Å². The van der Waals surface area contributed by atoms with Gasteiger partial charge in [-0.05, 0) is 26.8 Å². The van der Waals surface area contributed by atoms with E-state index in [1.54, 1.807) is 0 Å². The summed E-state index contributed by atoms with van der Waals surface area (Å²) in [6.07, 6.45) is 17.1. The fourth-order valence-corrected chi connectivity index (χ4v) is 2.60. The smallest absolute Gasteiger partial charge is 0.0198 e. The summed E-state index contributed by atoms with van der Waals surface area (Å²) in [6.45, 7) is 8.77. The fraction of sp³-hybridized carbons (Fsp3) is 1.00. The minimum absolute atomic E-state index is 0. The highest BCUT2D eigenvalue weighted by Gasteiger charge is 2.09.